The Balaban J connectivity index is 1.76. The van der Waals surface area contributed by atoms with Gasteiger partial charge in [0.25, 0.3) is 11.8 Å². The topological polar surface area (TPSA) is 113 Å². The summed E-state index contributed by atoms with van der Waals surface area (Å²) in [5.41, 5.74) is 6.76. The molecule has 2 amide bonds. The molecule has 1 aromatic carbocycles. The molecule has 1 aliphatic heterocycles. The summed E-state index contributed by atoms with van der Waals surface area (Å²) in [4.78, 5) is 30.5. The fraction of sp³-hybridized carbons (Fsp3) is 0.400. The average molecular weight is 301 g/mol. The van der Waals surface area contributed by atoms with Gasteiger partial charge in [0.15, 0.2) is 5.82 Å². The zero-order valence-corrected chi connectivity index (χ0v) is 12.2. The molecule has 2 aromatic rings. The summed E-state index contributed by atoms with van der Waals surface area (Å²) in [6.45, 7) is 2.61. The second-order valence-electron chi connectivity index (χ2n) is 5.57. The first kappa shape index (κ1) is 14.5. The van der Waals surface area contributed by atoms with Gasteiger partial charge >= 0.3 is 0 Å². The third-order valence-corrected chi connectivity index (χ3v) is 3.94. The number of nitrogens with zero attached hydrogens (tertiary/aromatic N) is 1. The summed E-state index contributed by atoms with van der Waals surface area (Å²) in [5.74, 6) is -0.307. The summed E-state index contributed by atoms with van der Waals surface area (Å²) in [6.07, 6.45) is 2.25. The molecule has 1 unspecified atom stereocenters. The van der Waals surface area contributed by atoms with Crippen molar-refractivity contribution in [3.63, 3.8) is 0 Å². The van der Waals surface area contributed by atoms with Crippen molar-refractivity contribution < 1.29 is 9.59 Å². The molecule has 116 valence electrons. The number of fused-ring (bicyclic) bond motifs is 1. The number of benzene rings is 1. The minimum absolute atomic E-state index is 0.0618. The van der Waals surface area contributed by atoms with Crippen LogP contribution in [0, 0.1) is 5.92 Å². The first-order valence-corrected chi connectivity index (χ1v) is 7.42. The lowest BCUT2D eigenvalue weighted by atomic mass is 9.99. The largest absolute Gasteiger partial charge is 0.363 e. The normalized spacial score (nSPS) is 18.3. The van der Waals surface area contributed by atoms with Crippen LogP contribution in [0.1, 0.15) is 33.8 Å². The monoisotopic (exact) mass is 301 g/mol. The van der Waals surface area contributed by atoms with Crippen molar-refractivity contribution in [2.24, 2.45) is 11.7 Å². The van der Waals surface area contributed by atoms with Gasteiger partial charge in [-0.25, -0.2) is 4.98 Å². The number of carbonyl (C=O) groups is 2. The van der Waals surface area contributed by atoms with E-state index in [1.165, 1.54) is 0 Å². The number of piperidine rings is 1. The number of rotatable bonds is 4. The quantitative estimate of drug-likeness (QED) is 0.654. The first-order chi connectivity index (χ1) is 10.6. The van der Waals surface area contributed by atoms with Crippen molar-refractivity contribution in [2.75, 3.05) is 19.6 Å². The van der Waals surface area contributed by atoms with E-state index in [1.807, 2.05) is 0 Å². The van der Waals surface area contributed by atoms with Gasteiger partial charge in [-0.1, -0.05) is 6.07 Å². The number of primary amides is 1. The highest BCUT2D eigenvalue weighted by Gasteiger charge is 2.18. The maximum atomic E-state index is 12.4. The molecule has 3 rings (SSSR count). The van der Waals surface area contributed by atoms with Gasteiger partial charge in [-0.2, -0.15) is 0 Å². The van der Waals surface area contributed by atoms with E-state index in [0.717, 1.165) is 25.9 Å². The van der Waals surface area contributed by atoms with Crippen LogP contribution in [-0.4, -0.2) is 41.4 Å². The molecule has 0 spiro atoms. The van der Waals surface area contributed by atoms with Gasteiger partial charge in [-0.3, -0.25) is 9.59 Å². The van der Waals surface area contributed by atoms with Gasteiger partial charge in [-0.05, 0) is 44.0 Å². The number of imidazole rings is 1. The molecule has 1 aliphatic rings. The number of carbonyl (C=O) groups excluding carboxylic acids is 2. The molecule has 0 saturated carbocycles. The van der Waals surface area contributed by atoms with Crippen molar-refractivity contribution in [2.45, 2.75) is 12.8 Å². The van der Waals surface area contributed by atoms with Crippen LogP contribution < -0.4 is 16.4 Å². The van der Waals surface area contributed by atoms with Crippen molar-refractivity contribution >= 4 is 22.8 Å². The molecule has 0 bridgehead atoms. The number of nitrogens with one attached hydrogen (secondary N) is 3. The van der Waals surface area contributed by atoms with Crippen LogP contribution in [0.3, 0.4) is 0 Å². The van der Waals surface area contributed by atoms with Crippen molar-refractivity contribution in [3.8, 4) is 0 Å². The zero-order valence-electron chi connectivity index (χ0n) is 12.2. The highest BCUT2D eigenvalue weighted by molar-refractivity contribution is 6.06. The number of nitrogens with two attached hydrogens (primary N) is 1. The van der Waals surface area contributed by atoms with Gasteiger partial charge < -0.3 is 21.4 Å². The molecule has 1 saturated heterocycles. The molecule has 22 heavy (non-hydrogen) atoms. The number of aromatic nitrogens is 2. The maximum Gasteiger partial charge on any atom is 0.284 e. The van der Waals surface area contributed by atoms with Gasteiger partial charge in [0.2, 0.25) is 0 Å². The summed E-state index contributed by atoms with van der Waals surface area (Å²) in [5, 5.41) is 6.27. The summed E-state index contributed by atoms with van der Waals surface area (Å²) in [6, 6.07) is 5.21. The van der Waals surface area contributed by atoms with E-state index < -0.39 is 5.91 Å². The van der Waals surface area contributed by atoms with Crippen LogP contribution in [-0.2, 0) is 0 Å². The number of para-hydroxylation sites is 1. The van der Waals surface area contributed by atoms with E-state index in [-0.39, 0.29) is 11.7 Å². The minimum Gasteiger partial charge on any atom is -0.363 e. The van der Waals surface area contributed by atoms with E-state index >= 15 is 0 Å². The van der Waals surface area contributed by atoms with Crippen molar-refractivity contribution in [1.82, 2.24) is 20.6 Å². The highest BCUT2D eigenvalue weighted by atomic mass is 16.2. The molecule has 1 aromatic heterocycles. The van der Waals surface area contributed by atoms with E-state index in [9.17, 15) is 9.59 Å². The molecule has 0 aliphatic carbocycles. The van der Waals surface area contributed by atoms with Crippen LogP contribution in [0.25, 0.3) is 11.0 Å². The SMILES string of the molecule is NC(=O)c1nc2c(C(=O)NCC3CCCNC3)cccc2[nH]1. The van der Waals surface area contributed by atoms with Gasteiger partial charge in [0.05, 0.1) is 11.1 Å². The minimum atomic E-state index is -0.643. The van der Waals surface area contributed by atoms with Crippen molar-refractivity contribution in [3.05, 3.63) is 29.6 Å². The van der Waals surface area contributed by atoms with E-state index in [4.69, 9.17) is 5.73 Å². The fourth-order valence-electron chi connectivity index (χ4n) is 2.76. The molecule has 0 radical (unpaired) electrons. The summed E-state index contributed by atoms with van der Waals surface area (Å²) in [7, 11) is 0. The molecule has 1 atom stereocenters. The van der Waals surface area contributed by atoms with Crippen LogP contribution in [0.4, 0.5) is 0 Å². The lowest BCUT2D eigenvalue weighted by Crippen LogP contribution is -2.38. The Morgan fingerprint density at radius 1 is 1.41 bits per heavy atom. The predicted octanol–water partition coefficient (Wildman–Crippen LogP) is 0.391. The molecular formula is C15H19N5O2. The maximum absolute atomic E-state index is 12.4. The summed E-state index contributed by atoms with van der Waals surface area (Å²) < 4.78 is 0. The second-order valence-corrected chi connectivity index (χ2v) is 5.57. The van der Waals surface area contributed by atoms with Gasteiger partial charge in [0.1, 0.15) is 5.52 Å². The van der Waals surface area contributed by atoms with Crippen LogP contribution in [0.15, 0.2) is 18.2 Å². The van der Waals surface area contributed by atoms with Gasteiger partial charge in [0, 0.05) is 6.54 Å². The number of aromatic amines is 1. The highest BCUT2D eigenvalue weighted by Crippen LogP contribution is 2.17. The molecule has 5 N–H and O–H groups in total. The lowest BCUT2D eigenvalue weighted by Gasteiger charge is -2.22. The van der Waals surface area contributed by atoms with Gasteiger partial charge in [-0.15, -0.1) is 0 Å². The molecule has 7 nitrogen and oxygen atoms in total. The number of amides is 2. The van der Waals surface area contributed by atoms with Crippen LogP contribution in [0.2, 0.25) is 0 Å². The summed E-state index contributed by atoms with van der Waals surface area (Å²) >= 11 is 0. The third-order valence-electron chi connectivity index (χ3n) is 3.94. The molecular weight excluding hydrogens is 282 g/mol. The fourth-order valence-corrected chi connectivity index (χ4v) is 2.76. The third kappa shape index (κ3) is 2.94. The zero-order chi connectivity index (χ0) is 15.5. The lowest BCUT2D eigenvalue weighted by molar-refractivity contribution is 0.0944. The van der Waals surface area contributed by atoms with E-state index in [2.05, 4.69) is 20.6 Å². The Labute approximate surface area is 127 Å². The Morgan fingerprint density at radius 2 is 2.27 bits per heavy atom. The van der Waals surface area contributed by atoms with Crippen LogP contribution in [0.5, 0.6) is 0 Å². The smallest absolute Gasteiger partial charge is 0.284 e. The molecule has 1 fully saturated rings. The number of H-pyrrole nitrogens is 1. The first-order valence-electron chi connectivity index (χ1n) is 7.42. The number of hydrogen-bond acceptors (Lipinski definition) is 4. The van der Waals surface area contributed by atoms with E-state index in [1.54, 1.807) is 18.2 Å². The standard InChI is InChI=1S/C15H19N5O2/c16-13(21)14-19-11-5-1-4-10(12(11)20-14)15(22)18-8-9-3-2-6-17-7-9/h1,4-5,9,17H,2-3,6-8H2,(H2,16,21)(H,18,22)(H,19,20). The second kappa shape index (κ2) is 6.15. The average Bonchev–Trinajstić information content (AvgIpc) is 2.98. The predicted molar refractivity (Wildman–Crippen MR) is 82.5 cm³/mol. The molecule has 2 heterocycles. The molecule has 7 heteroatoms. The Hall–Kier alpha value is -2.41. The van der Waals surface area contributed by atoms with Crippen molar-refractivity contribution in [1.29, 1.82) is 0 Å². The number of hydrogen-bond donors (Lipinski definition) is 4. The van der Waals surface area contributed by atoms with Crippen LogP contribution >= 0.6 is 0 Å². The van der Waals surface area contributed by atoms with E-state index in [0.29, 0.717) is 29.1 Å². The Kier molecular flexibility index (Phi) is 4.06. The Morgan fingerprint density at radius 3 is 3.00 bits per heavy atom. The Bertz CT molecular complexity index is 703.